The van der Waals surface area contributed by atoms with Gasteiger partial charge in [0.1, 0.15) is 0 Å². The Labute approximate surface area is 77.3 Å². The molecule has 0 aliphatic heterocycles. The van der Waals surface area contributed by atoms with Crippen LogP contribution in [0.5, 0.6) is 0 Å². The minimum atomic E-state index is -0.0697. The topological polar surface area (TPSA) is 55.1 Å². The van der Waals surface area contributed by atoms with Gasteiger partial charge in [-0.1, -0.05) is 6.08 Å². The number of carbonyl (C=O) groups excluding carboxylic acids is 1. The molecule has 3 nitrogen and oxygen atoms in total. The van der Waals surface area contributed by atoms with E-state index in [1.54, 1.807) is 30.3 Å². The lowest BCUT2D eigenvalue weighted by Gasteiger charge is -2.02. The molecule has 0 spiro atoms. The smallest absolute Gasteiger partial charge is 0.228 e. The SMILES string of the molecule is C=CCC(=O)Nc1ccc(N)cc1. The first-order chi connectivity index (χ1) is 6.22. The molecule has 0 fully saturated rings. The van der Waals surface area contributed by atoms with Gasteiger partial charge in [0.2, 0.25) is 5.91 Å². The lowest BCUT2D eigenvalue weighted by atomic mass is 10.3. The summed E-state index contributed by atoms with van der Waals surface area (Å²) < 4.78 is 0. The highest BCUT2D eigenvalue weighted by Crippen LogP contribution is 2.10. The molecule has 0 saturated heterocycles. The predicted octanol–water partition coefficient (Wildman–Crippen LogP) is 1.78. The van der Waals surface area contributed by atoms with Crippen LogP contribution < -0.4 is 11.1 Å². The minimum absolute atomic E-state index is 0.0697. The zero-order chi connectivity index (χ0) is 9.68. The number of nitrogen functional groups attached to an aromatic ring is 1. The molecule has 1 rings (SSSR count). The van der Waals surface area contributed by atoms with Crippen molar-refractivity contribution in [3.8, 4) is 0 Å². The average molecular weight is 176 g/mol. The summed E-state index contributed by atoms with van der Waals surface area (Å²) in [5, 5.41) is 2.70. The second kappa shape index (κ2) is 4.30. The van der Waals surface area contributed by atoms with Crippen molar-refractivity contribution < 1.29 is 4.79 Å². The van der Waals surface area contributed by atoms with Crippen LogP contribution in [0.15, 0.2) is 36.9 Å². The van der Waals surface area contributed by atoms with Crippen molar-refractivity contribution in [2.45, 2.75) is 6.42 Å². The predicted molar refractivity (Wildman–Crippen MR) is 54.3 cm³/mol. The van der Waals surface area contributed by atoms with Gasteiger partial charge in [-0.25, -0.2) is 0 Å². The first kappa shape index (κ1) is 9.32. The summed E-state index contributed by atoms with van der Waals surface area (Å²) in [5.74, 6) is -0.0697. The monoisotopic (exact) mass is 176 g/mol. The fourth-order valence-corrected chi connectivity index (χ4v) is 0.910. The van der Waals surface area contributed by atoms with Crippen LogP contribution in [0.4, 0.5) is 11.4 Å². The molecule has 0 atom stereocenters. The van der Waals surface area contributed by atoms with Crippen molar-refractivity contribution in [1.82, 2.24) is 0 Å². The molecule has 13 heavy (non-hydrogen) atoms. The van der Waals surface area contributed by atoms with Gasteiger partial charge in [0.05, 0.1) is 0 Å². The largest absolute Gasteiger partial charge is 0.399 e. The molecular formula is C10H12N2O. The normalized spacial score (nSPS) is 9.23. The van der Waals surface area contributed by atoms with E-state index in [2.05, 4.69) is 11.9 Å². The number of anilines is 2. The number of nitrogens with one attached hydrogen (secondary N) is 1. The van der Waals surface area contributed by atoms with Gasteiger partial charge in [0.15, 0.2) is 0 Å². The van der Waals surface area contributed by atoms with Crippen molar-refractivity contribution in [3.63, 3.8) is 0 Å². The van der Waals surface area contributed by atoms with E-state index in [9.17, 15) is 4.79 Å². The first-order valence-electron chi connectivity index (χ1n) is 3.98. The van der Waals surface area contributed by atoms with Gasteiger partial charge in [0.25, 0.3) is 0 Å². The Hall–Kier alpha value is -1.77. The Morgan fingerprint density at radius 3 is 2.62 bits per heavy atom. The Kier molecular flexibility index (Phi) is 3.09. The van der Waals surface area contributed by atoms with E-state index in [1.165, 1.54) is 0 Å². The van der Waals surface area contributed by atoms with Crippen LogP contribution in [0.2, 0.25) is 0 Å². The second-order valence-corrected chi connectivity index (χ2v) is 2.66. The number of nitrogens with two attached hydrogens (primary N) is 1. The molecule has 3 heteroatoms. The van der Waals surface area contributed by atoms with E-state index >= 15 is 0 Å². The maximum atomic E-state index is 11.1. The molecule has 1 aromatic carbocycles. The number of rotatable bonds is 3. The van der Waals surface area contributed by atoms with Crippen LogP contribution in [0, 0.1) is 0 Å². The summed E-state index contributed by atoms with van der Waals surface area (Å²) in [6.45, 7) is 3.48. The highest BCUT2D eigenvalue weighted by molar-refractivity contribution is 5.91. The van der Waals surface area contributed by atoms with Gasteiger partial charge in [-0.3, -0.25) is 4.79 Å². The summed E-state index contributed by atoms with van der Waals surface area (Å²) >= 11 is 0. The number of benzene rings is 1. The molecule has 0 heterocycles. The zero-order valence-corrected chi connectivity index (χ0v) is 7.29. The lowest BCUT2D eigenvalue weighted by Crippen LogP contribution is -2.09. The van der Waals surface area contributed by atoms with Gasteiger partial charge < -0.3 is 11.1 Å². The van der Waals surface area contributed by atoms with Crippen LogP contribution in [0.1, 0.15) is 6.42 Å². The maximum absolute atomic E-state index is 11.1. The van der Waals surface area contributed by atoms with Gasteiger partial charge in [-0.05, 0) is 24.3 Å². The fourth-order valence-electron chi connectivity index (χ4n) is 0.910. The summed E-state index contributed by atoms with van der Waals surface area (Å²) in [6.07, 6.45) is 1.89. The summed E-state index contributed by atoms with van der Waals surface area (Å²) in [5.41, 5.74) is 6.92. The number of amides is 1. The molecule has 0 aliphatic rings. The van der Waals surface area contributed by atoms with E-state index in [4.69, 9.17) is 5.73 Å². The quantitative estimate of drug-likeness (QED) is 0.545. The Morgan fingerprint density at radius 1 is 1.46 bits per heavy atom. The Morgan fingerprint density at radius 2 is 2.08 bits per heavy atom. The summed E-state index contributed by atoms with van der Waals surface area (Å²) in [6, 6.07) is 7.00. The van der Waals surface area contributed by atoms with Crippen molar-refractivity contribution in [2.75, 3.05) is 11.1 Å². The maximum Gasteiger partial charge on any atom is 0.228 e. The van der Waals surface area contributed by atoms with Gasteiger partial charge in [0, 0.05) is 17.8 Å². The van der Waals surface area contributed by atoms with E-state index in [-0.39, 0.29) is 5.91 Å². The third-order valence-corrected chi connectivity index (χ3v) is 1.52. The average Bonchev–Trinajstić information content (AvgIpc) is 2.09. The van der Waals surface area contributed by atoms with E-state index in [0.29, 0.717) is 12.1 Å². The Bertz CT molecular complexity index is 303. The van der Waals surface area contributed by atoms with Crippen LogP contribution in [-0.4, -0.2) is 5.91 Å². The molecule has 3 N–H and O–H groups in total. The number of carbonyl (C=O) groups is 1. The van der Waals surface area contributed by atoms with Crippen LogP contribution in [0.25, 0.3) is 0 Å². The molecule has 1 amide bonds. The van der Waals surface area contributed by atoms with Crippen LogP contribution >= 0.6 is 0 Å². The summed E-state index contributed by atoms with van der Waals surface area (Å²) in [4.78, 5) is 11.1. The second-order valence-electron chi connectivity index (χ2n) is 2.66. The van der Waals surface area contributed by atoms with Gasteiger partial charge in [-0.15, -0.1) is 6.58 Å². The lowest BCUT2D eigenvalue weighted by molar-refractivity contribution is -0.115. The van der Waals surface area contributed by atoms with Crippen molar-refractivity contribution in [3.05, 3.63) is 36.9 Å². The molecule has 0 radical (unpaired) electrons. The molecule has 68 valence electrons. The zero-order valence-electron chi connectivity index (χ0n) is 7.29. The molecule has 1 aromatic rings. The number of hydrogen-bond acceptors (Lipinski definition) is 2. The number of hydrogen-bond donors (Lipinski definition) is 2. The summed E-state index contributed by atoms with van der Waals surface area (Å²) in [7, 11) is 0. The van der Waals surface area contributed by atoms with Crippen LogP contribution in [-0.2, 0) is 4.79 Å². The van der Waals surface area contributed by atoms with Crippen LogP contribution in [0.3, 0.4) is 0 Å². The van der Waals surface area contributed by atoms with Crippen molar-refractivity contribution in [2.24, 2.45) is 0 Å². The van der Waals surface area contributed by atoms with E-state index in [1.807, 2.05) is 0 Å². The molecular weight excluding hydrogens is 164 g/mol. The molecule has 0 aliphatic carbocycles. The molecule has 0 unspecified atom stereocenters. The fraction of sp³-hybridized carbons (Fsp3) is 0.100. The third kappa shape index (κ3) is 2.99. The van der Waals surface area contributed by atoms with E-state index in [0.717, 1.165) is 5.69 Å². The third-order valence-electron chi connectivity index (χ3n) is 1.52. The molecule has 0 aromatic heterocycles. The molecule has 0 bridgehead atoms. The van der Waals surface area contributed by atoms with Gasteiger partial charge >= 0.3 is 0 Å². The molecule has 0 saturated carbocycles. The minimum Gasteiger partial charge on any atom is -0.399 e. The van der Waals surface area contributed by atoms with Crippen molar-refractivity contribution in [1.29, 1.82) is 0 Å². The van der Waals surface area contributed by atoms with Gasteiger partial charge in [-0.2, -0.15) is 0 Å². The standard InChI is InChI=1S/C10H12N2O/c1-2-3-10(13)12-9-6-4-8(11)5-7-9/h2,4-7H,1,3,11H2,(H,12,13). The highest BCUT2D eigenvalue weighted by Gasteiger charge is 1.97. The van der Waals surface area contributed by atoms with E-state index < -0.39 is 0 Å². The Balaban J connectivity index is 2.59. The van der Waals surface area contributed by atoms with Crippen molar-refractivity contribution >= 4 is 17.3 Å². The highest BCUT2D eigenvalue weighted by atomic mass is 16.1. The first-order valence-corrected chi connectivity index (χ1v) is 3.98.